The number of imidazole rings is 1. The highest BCUT2D eigenvalue weighted by atomic mass is 16.1. The Balaban J connectivity index is 1.63. The lowest BCUT2D eigenvalue weighted by Crippen LogP contribution is -2.42. The van der Waals surface area contributed by atoms with Gasteiger partial charge in [0.05, 0.1) is 11.0 Å². The lowest BCUT2D eigenvalue weighted by molar-refractivity contribution is 0.0929. The summed E-state index contributed by atoms with van der Waals surface area (Å²) in [4.78, 5) is 17.3. The summed E-state index contributed by atoms with van der Waals surface area (Å²) in [6, 6.07) is 14.4. The van der Waals surface area contributed by atoms with Crippen LogP contribution in [0, 0.1) is 13.8 Å². The predicted molar refractivity (Wildman–Crippen MR) is 104 cm³/mol. The fourth-order valence-corrected chi connectivity index (χ4v) is 3.74. The highest BCUT2D eigenvalue weighted by Crippen LogP contribution is 2.23. The molecule has 2 N–H and O–H groups in total. The van der Waals surface area contributed by atoms with Crippen molar-refractivity contribution < 1.29 is 4.79 Å². The summed E-state index contributed by atoms with van der Waals surface area (Å²) in [6.45, 7) is 5.94. The van der Waals surface area contributed by atoms with Crippen LogP contribution in [0.3, 0.4) is 0 Å². The molecule has 1 amide bonds. The fourth-order valence-electron chi connectivity index (χ4n) is 3.74. The number of amides is 1. The summed E-state index contributed by atoms with van der Waals surface area (Å²) in [5.41, 5.74) is 4.82. The van der Waals surface area contributed by atoms with Gasteiger partial charge in [-0.15, -0.1) is 0 Å². The van der Waals surface area contributed by atoms with Crippen LogP contribution in [0.2, 0.25) is 0 Å². The van der Waals surface area contributed by atoms with E-state index in [1.165, 1.54) is 0 Å². The molecular weight excluding hydrogens is 324 g/mol. The molecule has 134 valence electrons. The molecule has 1 aliphatic heterocycles. The maximum atomic E-state index is 12.7. The zero-order valence-corrected chi connectivity index (χ0v) is 15.2. The van der Waals surface area contributed by atoms with Crippen molar-refractivity contribution in [3.8, 4) is 5.69 Å². The third-order valence-corrected chi connectivity index (χ3v) is 5.12. The van der Waals surface area contributed by atoms with Crippen molar-refractivity contribution in [2.45, 2.75) is 32.7 Å². The Morgan fingerprint density at radius 1 is 1.15 bits per heavy atom. The van der Waals surface area contributed by atoms with E-state index >= 15 is 0 Å². The lowest BCUT2D eigenvalue weighted by Gasteiger charge is -2.24. The molecule has 0 unspecified atom stereocenters. The number of carbonyl (C=O) groups excluding carboxylic acids is 1. The van der Waals surface area contributed by atoms with Gasteiger partial charge in [-0.25, -0.2) is 4.98 Å². The van der Waals surface area contributed by atoms with Crippen molar-refractivity contribution in [2.24, 2.45) is 0 Å². The number of fused-ring (bicyclic) bond motifs is 1. The first-order valence-electron chi connectivity index (χ1n) is 9.20. The van der Waals surface area contributed by atoms with E-state index in [4.69, 9.17) is 0 Å². The SMILES string of the molecule is Cc1cc(-n2c(C)nc3ccccc32)ccc1C(=O)NC1CCNCC1. The number of aryl methyl sites for hydroxylation is 2. The van der Waals surface area contributed by atoms with Crippen molar-refractivity contribution in [3.63, 3.8) is 0 Å². The molecule has 0 aliphatic carbocycles. The molecule has 2 heterocycles. The van der Waals surface area contributed by atoms with Crippen LogP contribution in [0.1, 0.15) is 34.6 Å². The van der Waals surface area contributed by atoms with Crippen LogP contribution in [0.5, 0.6) is 0 Å². The Kier molecular flexibility index (Phi) is 4.47. The van der Waals surface area contributed by atoms with Crippen LogP contribution in [0.15, 0.2) is 42.5 Å². The third kappa shape index (κ3) is 3.10. The van der Waals surface area contributed by atoms with Gasteiger partial charge < -0.3 is 10.6 Å². The van der Waals surface area contributed by atoms with Gasteiger partial charge in [-0.05, 0) is 75.7 Å². The van der Waals surface area contributed by atoms with Gasteiger partial charge in [0.15, 0.2) is 0 Å². The molecule has 5 nitrogen and oxygen atoms in total. The minimum Gasteiger partial charge on any atom is -0.349 e. The van der Waals surface area contributed by atoms with Crippen LogP contribution >= 0.6 is 0 Å². The molecule has 2 aromatic carbocycles. The summed E-state index contributed by atoms with van der Waals surface area (Å²) in [7, 11) is 0. The lowest BCUT2D eigenvalue weighted by atomic mass is 10.0. The van der Waals surface area contributed by atoms with Crippen LogP contribution in [0.4, 0.5) is 0 Å². The Bertz CT molecular complexity index is 954. The molecule has 1 fully saturated rings. The van der Waals surface area contributed by atoms with Gasteiger partial charge in [0.2, 0.25) is 0 Å². The first-order valence-corrected chi connectivity index (χ1v) is 9.20. The van der Waals surface area contributed by atoms with E-state index in [0.717, 1.165) is 59.6 Å². The molecule has 4 rings (SSSR count). The number of rotatable bonds is 3. The zero-order chi connectivity index (χ0) is 18.1. The van der Waals surface area contributed by atoms with Crippen LogP contribution < -0.4 is 10.6 Å². The van der Waals surface area contributed by atoms with E-state index in [0.29, 0.717) is 0 Å². The number of nitrogens with zero attached hydrogens (tertiary/aromatic N) is 2. The van der Waals surface area contributed by atoms with Gasteiger partial charge in [-0.3, -0.25) is 9.36 Å². The summed E-state index contributed by atoms with van der Waals surface area (Å²) in [6.07, 6.45) is 1.98. The van der Waals surface area contributed by atoms with Crippen molar-refractivity contribution in [1.82, 2.24) is 20.2 Å². The first kappa shape index (κ1) is 16.8. The highest BCUT2D eigenvalue weighted by molar-refractivity contribution is 5.96. The molecule has 1 aromatic heterocycles. The van der Waals surface area contributed by atoms with Crippen molar-refractivity contribution >= 4 is 16.9 Å². The molecule has 0 bridgehead atoms. The second-order valence-corrected chi connectivity index (χ2v) is 6.98. The Labute approximate surface area is 153 Å². The molecule has 3 aromatic rings. The maximum Gasteiger partial charge on any atom is 0.251 e. The number of carbonyl (C=O) groups is 1. The predicted octanol–water partition coefficient (Wildman–Crippen LogP) is 3.12. The van der Waals surface area contributed by atoms with Crippen LogP contribution in [-0.4, -0.2) is 34.6 Å². The Morgan fingerprint density at radius 3 is 2.69 bits per heavy atom. The van der Waals surface area contributed by atoms with Crippen LogP contribution in [0.25, 0.3) is 16.7 Å². The highest BCUT2D eigenvalue weighted by Gasteiger charge is 2.18. The number of hydrogen-bond donors (Lipinski definition) is 2. The molecule has 0 radical (unpaired) electrons. The molecule has 5 heteroatoms. The van der Waals surface area contributed by atoms with E-state index in [9.17, 15) is 4.79 Å². The van der Waals surface area contributed by atoms with E-state index < -0.39 is 0 Å². The van der Waals surface area contributed by atoms with E-state index in [-0.39, 0.29) is 11.9 Å². The number of hydrogen-bond acceptors (Lipinski definition) is 3. The largest absolute Gasteiger partial charge is 0.349 e. The standard InChI is InChI=1S/C21H24N4O/c1-14-13-17(25-15(2)23-19-5-3-4-6-20(19)25)7-8-18(14)21(26)24-16-9-11-22-12-10-16/h3-8,13,16,22H,9-12H2,1-2H3,(H,24,26). The number of piperidine rings is 1. The first-order chi connectivity index (χ1) is 12.6. The average molecular weight is 348 g/mol. The molecule has 1 saturated heterocycles. The topological polar surface area (TPSA) is 59.0 Å². The van der Waals surface area contributed by atoms with Gasteiger partial charge in [0, 0.05) is 17.3 Å². The quantitative estimate of drug-likeness (QED) is 0.764. The molecule has 0 spiro atoms. The molecule has 0 atom stereocenters. The van der Waals surface area contributed by atoms with Crippen molar-refractivity contribution in [2.75, 3.05) is 13.1 Å². The fraction of sp³-hybridized carbons (Fsp3) is 0.333. The van der Waals surface area contributed by atoms with E-state index in [2.05, 4.69) is 32.3 Å². The minimum atomic E-state index is 0.0214. The Morgan fingerprint density at radius 2 is 1.92 bits per heavy atom. The van der Waals surface area contributed by atoms with Gasteiger partial charge in [-0.2, -0.15) is 0 Å². The minimum absolute atomic E-state index is 0.0214. The van der Waals surface area contributed by atoms with Gasteiger partial charge in [0.1, 0.15) is 5.82 Å². The molecule has 1 aliphatic rings. The van der Waals surface area contributed by atoms with E-state index in [1.54, 1.807) is 0 Å². The summed E-state index contributed by atoms with van der Waals surface area (Å²) in [5, 5.41) is 6.50. The van der Waals surface area contributed by atoms with E-state index in [1.807, 2.05) is 44.2 Å². The van der Waals surface area contributed by atoms with Crippen molar-refractivity contribution in [3.05, 3.63) is 59.4 Å². The summed E-state index contributed by atoms with van der Waals surface area (Å²) in [5.74, 6) is 0.964. The summed E-state index contributed by atoms with van der Waals surface area (Å²) >= 11 is 0. The van der Waals surface area contributed by atoms with Gasteiger partial charge in [-0.1, -0.05) is 12.1 Å². The number of aromatic nitrogens is 2. The second-order valence-electron chi connectivity index (χ2n) is 6.98. The van der Waals surface area contributed by atoms with Gasteiger partial charge >= 0.3 is 0 Å². The smallest absolute Gasteiger partial charge is 0.251 e. The molecule has 26 heavy (non-hydrogen) atoms. The second kappa shape index (κ2) is 6.92. The zero-order valence-electron chi connectivity index (χ0n) is 15.2. The number of nitrogens with one attached hydrogen (secondary N) is 2. The molecule has 0 saturated carbocycles. The van der Waals surface area contributed by atoms with Gasteiger partial charge in [0.25, 0.3) is 5.91 Å². The Hall–Kier alpha value is -2.66. The third-order valence-electron chi connectivity index (χ3n) is 5.12. The number of para-hydroxylation sites is 2. The van der Waals surface area contributed by atoms with Crippen LogP contribution in [-0.2, 0) is 0 Å². The van der Waals surface area contributed by atoms with Crippen molar-refractivity contribution in [1.29, 1.82) is 0 Å². The normalized spacial score (nSPS) is 15.3. The summed E-state index contributed by atoms with van der Waals surface area (Å²) < 4.78 is 2.14. The molecular formula is C21H24N4O. The average Bonchev–Trinajstić information content (AvgIpc) is 2.98. The monoisotopic (exact) mass is 348 g/mol. The maximum absolute atomic E-state index is 12.7. The number of benzene rings is 2.